The summed E-state index contributed by atoms with van der Waals surface area (Å²) in [6.07, 6.45) is 13.2. The smallest absolute Gasteiger partial charge is 0.251 e. The van der Waals surface area contributed by atoms with Gasteiger partial charge in [-0.15, -0.1) is 0 Å². The Morgan fingerprint density at radius 1 is 0.962 bits per heavy atom. The standard InChI is InChI=1S/C22H28N2O2/c25-21(24-15-3-5-17-4-1-2-6-20(17)24)14-9-16-7-10-18(11-8-16)22(26)23-19-12-13-19/h7-11,14,17,19-20H,1-6,12-13,15H2,(H,23,26)/b14-9+. The number of likely N-dealkylation sites (tertiary alicyclic amines) is 1. The molecule has 1 aromatic rings. The monoisotopic (exact) mass is 352 g/mol. The molecular formula is C22H28N2O2. The Hall–Kier alpha value is -2.10. The maximum Gasteiger partial charge on any atom is 0.251 e. The topological polar surface area (TPSA) is 49.4 Å². The summed E-state index contributed by atoms with van der Waals surface area (Å²) in [7, 11) is 0. The first-order valence-electron chi connectivity index (χ1n) is 10.1. The molecule has 1 saturated heterocycles. The van der Waals surface area contributed by atoms with E-state index in [-0.39, 0.29) is 11.8 Å². The second-order valence-corrected chi connectivity index (χ2v) is 7.99. The Balaban J connectivity index is 1.37. The predicted octanol–water partition coefficient (Wildman–Crippen LogP) is 3.77. The van der Waals surface area contributed by atoms with Crippen molar-refractivity contribution in [3.05, 3.63) is 41.5 Å². The lowest BCUT2D eigenvalue weighted by atomic mass is 9.78. The molecule has 26 heavy (non-hydrogen) atoms. The third-order valence-corrected chi connectivity index (χ3v) is 6.03. The van der Waals surface area contributed by atoms with Crippen molar-refractivity contribution in [1.29, 1.82) is 0 Å². The second-order valence-electron chi connectivity index (χ2n) is 7.99. The fourth-order valence-electron chi connectivity index (χ4n) is 4.40. The Kier molecular flexibility index (Phi) is 5.09. The summed E-state index contributed by atoms with van der Waals surface area (Å²) in [6, 6.07) is 8.30. The summed E-state index contributed by atoms with van der Waals surface area (Å²) >= 11 is 0. The van der Waals surface area contributed by atoms with E-state index in [1.807, 2.05) is 30.3 Å². The SMILES string of the molecule is O=C(NC1CC1)c1ccc(/C=C/C(=O)N2CCCC3CCCCC32)cc1. The number of fused-ring (bicyclic) bond motifs is 1. The van der Waals surface area contributed by atoms with Crippen LogP contribution in [0.15, 0.2) is 30.3 Å². The molecule has 0 aromatic heterocycles. The highest BCUT2D eigenvalue weighted by Gasteiger charge is 2.34. The van der Waals surface area contributed by atoms with E-state index in [0.717, 1.165) is 37.8 Å². The first-order chi connectivity index (χ1) is 12.7. The van der Waals surface area contributed by atoms with E-state index in [1.54, 1.807) is 6.08 Å². The van der Waals surface area contributed by atoms with Crippen LogP contribution >= 0.6 is 0 Å². The van der Waals surface area contributed by atoms with E-state index >= 15 is 0 Å². The highest BCUT2D eigenvalue weighted by Crippen LogP contribution is 2.35. The zero-order valence-electron chi connectivity index (χ0n) is 15.3. The maximum absolute atomic E-state index is 12.7. The maximum atomic E-state index is 12.7. The summed E-state index contributed by atoms with van der Waals surface area (Å²) in [5.74, 6) is 0.840. The number of nitrogens with one attached hydrogen (secondary N) is 1. The van der Waals surface area contributed by atoms with Crippen molar-refractivity contribution in [3.8, 4) is 0 Å². The molecule has 4 rings (SSSR count). The van der Waals surface area contributed by atoms with Gasteiger partial charge < -0.3 is 10.2 Å². The van der Waals surface area contributed by atoms with E-state index in [4.69, 9.17) is 0 Å². The molecule has 3 aliphatic rings. The van der Waals surface area contributed by atoms with Gasteiger partial charge in [-0.05, 0) is 68.2 Å². The van der Waals surface area contributed by atoms with E-state index in [1.165, 1.54) is 25.7 Å². The average Bonchev–Trinajstić information content (AvgIpc) is 3.50. The zero-order valence-corrected chi connectivity index (χ0v) is 15.3. The van der Waals surface area contributed by atoms with Crippen LogP contribution in [0.2, 0.25) is 0 Å². The minimum Gasteiger partial charge on any atom is -0.349 e. The van der Waals surface area contributed by atoms with Crippen LogP contribution in [0, 0.1) is 5.92 Å². The second kappa shape index (κ2) is 7.65. The minimum absolute atomic E-state index is 0.00392. The van der Waals surface area contributed by atoms with Gasteiger partial charge >= 0.3 is 0 Å². The first-order valence-corrected chi connectivity index (χ1v) is 10.1. The molecule has 1 aromatic carbocycles. The van der Waals surface area contributed by atoms with Gasteiger partial charge in [0, 0.05) is 30.3 Å². The summed E-state index contributed by atoms with van der Waals surface area (Å²) < 4.78 is 0. The number of amides is 2. The van der Waals surface area contributed by atoms with Crippen LogP contribution in [0.4, 0.5) is 0 Å². The first kappa shape index (κ1) is 17.3. The van der Waals surface area contributed by atoms with Crippen LogP contribution in [0.5, 0.6) is 0 Å². The molecule has 3 fully saturated rings. The number of nitrogens with zero attached hydrogens (tertiary/aromatic N) is 1. The molecule has 1 heterocycles. The Morgan fingerprint density at radius 3 is 2.46 bits per heavy atom. The lowest BCUT2D eigenvalue weighted by molar-refractivity contribution is -0.132. The Bertz CT molecular complexity index is 689. The molecule has 2 amide bonds. The van der Waals surface area contributed by atoms with E-state index in [2.05, 4.69) is 10.2 Å². The van der Waals surface area contributed by atoms with Gasteiger partial charge in [0.15, 0.2) is 0 Å². The van der Waals surface area contributed by atoms with Crippen molar-refractivity contribution in [3.63, 3.8) is 0 Å². The van der Waals surface area contributed by atoms with Crippen LogP contribution in [0.3, 0.4) is 0 Å². The fraction of sp³-hybridized carbons (Fsp3) is 0.545. The molecule has 138 valence electrons. The number of piperidine rings is 1. The van der Waals surface area contributed by atoms with Crippen molar-refractivity contribution in [2.75, 3.05) is 6.54 Å². The van der Waals surface area contributed by atoms with Gasteiger partial charge in [-0.3, -0.25) is 9.59 Å². The number of carbonyl (C=O) groups excluding carboxylic acids is 2. The molecule has 2 aliphatic carbocycles. The molecule has 0 bridgehead atoms. The molecule has 0 radical (unpaired) electrons. The minimum atomic E-state index is -0.00392. The number of benzene rings is 1. The summed E-state index contributed by atoms with van der Waals surface area (Å²) in [4.78, 5) is 26.8. The van der Waals surface area contributed by atoms with E-state index in [9.17, 15) is 9.59 Å². The third kappa shape index (κ3) is 4.00. The van der Waals surface area contributed by atoms with Crippen molar-refractivity contribution in [1.82, 2.24) is 10.2 Å². The van der Waals surface area contributed by atoms with Gasteiger partial charge in [-0.25, -0.2) is 0 Å². The van der Waals surface area contributed by atoms with Gasteiger partial charge in [0.1, 0.15) is 0 Å². The van der Waals surface area contributed by atoms with Gasteiger partial charge in [0.25, 0.3) is 5.91 Å². The molecule has 4 heteroatoms. The van der Waals surface area contributed by atoms with Crippen LogP contribution < -0.4 is 5.32 Å². The van der Waals surface area contributed by atoms with Gasteiger partial charge in [-0.1, -0.05) is 25.0 Å². The molecule has 1 aliphatic heterocycles. The third-order valence-electron chi connectivity index (χ3n) is 6.03. The molecule has 2 unspecified atom stereocenters. The van der Waals surface area contributed by atoms with Crippen LogP contribution in [-0.4, -0.2) is 35.3 Å². The van der Waals surface area contributed by atoms with Gasteiger partial charge in [0.2, 0.25) is 5.91 Å². The number of rotatable bonds is 4. The summed E-state index contributed by atoms with van der Waals surface area (Å²) in [5.41, 5.74) is 1.64. The highest BCUT2D eigenvalue weighted by molar-refractivity contribution is 5.95. The lowest BCUT2D eigenvalue weighted by Crippen LogP contribution is -2.49. The largest absolute Gasteiger partial charge is 0.349 e. The van der Waals surface area contributed by atoms with Crippen LogP contribution in [0.1, 0.15) is 67.3 Å². The lowest BCUT2D eigenvalue weighted by Gasteiger charge is -2.43. The average molecular weight is 352 g/mol. The molecule has 2 atom stereocenters. The quantitative estimate of drug-likeness (QED) is 0.839. The molecule has 1 N–H and O–H groups in total. The van der Waals surface area contributed by atoms with Crippen LogP contribution in [-0.2, 0) is 4.79 Å². The van der Waals surface area contributed by atoms with Crippen LogP contribution in [0.25, 0.3) is 6.08 Å². The zero-order chi connectivity index (χ0) is 17.9. The summed E-state index contributed by atoms with van der Waals surface area (Å²) in [6.45, 7) is 0.893. The number of carbonyl (C=O) groups is 2. The van der Waals surface area contributed by atoms with Gasteiger partial charge in [0.05, 0.1) is 0 Å². The summed E-state index contributed by atoms with van der Waals surface area (Å²) in [5, 5.41) is 2.99. The van der Waals surface area contributed by atoms with Crippen molar-refractivity contribution in [2.24, 2.45) is 5.92 Å². The number of hydrogen-bond acceptors (Lipinski definition) is 2. The molecule has 4 nitrogen and oxygen atoms in total. The Labute approximate surface area is 155 Å². The fourth-order valence-corrected chi connectivity index (χ4v) is 4.40. The molecule has 0 spiro atoms. The highest BCUT2D eigenvalue weighted by atomic mass is 16.2. The van der Waals surface area contributed by atoms with Gasteiger partial charge in [-0.2, -0.15) is 0 Å². The normalized spacial score (nSPS) is 25.8. The predicted molar refractivity (Wildman–Crippen MR) is 103 cm³/mol. The van der Waals surface area contributed by atoms with E-state index in [0.29, 0.717) is 23.6 Å². The molecule has 2 saturated carbocycles. The van der Waals surface area contributed by atoms with Crippen molar-refractivity contribution >= 4 is 17.9 Å². The molecular weight excluding hydrogens is 324 g/mol. The number of hydrogen-bond donors (Lipinski definition) is 1. The Morgan fingerprint density at radius 2 is 1.69 bits per heavy atom. The van der Waals surface area contributed by atoms with Crippen molar-refractivity contribution < 1.29 is 9.59 Å². The van der Waals surface area contributed by atoms with E-state index < -0.39 is 0 Å². The van der Waals surface area contributed by atoms with Crippen molar-refractivity contribution in [2.45, 2.75) is 63.5 Å².